The lowest BCUT2D eigenvalue weighted by Crippen LogP contribution is -2.26. The molecule has 0 spiro atoms. The van der Waals surface area contributed by atoms with Crippen molar-refractivity contribution >= 4 is 44.0 Å². The van der Waals surface area contributed by atoms with E-state index in [1.54, 1.807) is 35.6 Å². The number of carbonyl (C=O) groups is 1. The quantitative estimate of drug-likeness (QED) is 0.475. The lowest BCUT2D eigenvalue weighted by Gasteiger charge is -2.26. The number of pyridine rings is 1. The van der Waals surface area contributed by atoms with Crippen LogP contribution in [0.4, 0.5) is 10.1 Å². The van der Waals surface area contributed by atoms with Gasteiger partial charge < -0.3 is 10.0 Å². The smallest absolute Gasteiger partial charge is 0.335 e. The molecule has 4 nitrogen and oxygen atoms in total. The second-order valence-electron chi connectivity index (χ2n) is 7.07. The predicted octanol–water partition coefficient (Wildman–Crippen LogP) is 5.80. The highest BCUT2D eigenvalue weighted by Gasteiger charge is 2.18. The molecule has 0 aliphatic carbocycles. The number of carboxylic acid groups (broad SMARTS) is 1. The molecule has 4 aromatic rings. The topological polar surface area (TPSA) is 53.4 Å². The largest absolute Gasteiger partial charge is 0.478 e. The van der Waals surface area contributed by atoms with Crippen molar-refractivity contribution < 1.29 is 14.3 Å². The lowest BCUT2D eigenvalue weighted by molar-refractivity contribution is 0.0697. The zero-order valence-electron chi connectivity index (χ0n) is 15.7. The maximum absolute atomic E-state index is 13.6. The first-order valence-corrected chi connectivity index (χ1v) is 9.75. The third-order valence-electron chi connectivity index (χ3n) is 4.91. The minimum atomic E-state index is -0.962. The number of rotatable bonds is 4. The Kier molecular flexibility index (Phi) is 4.51. The van der Waals surface area contributed by atoms with E-state index in [0.717, 1.165) is 37.2 Å². The summed E-state index contributed by atoms with van der Waals surface area (Å²) >= 11 is 1.57. The predicted molar refractivity (Wildman–Crippen MR) is 113 cm³/mol. The Morgan fingerprint density at radius 1 is 1.11 bits per heavy atom. The Morgan fingerprint density at radius 3 is 2.61 bits per heavy atom. The van der Waals surface area contributed by atoms with Crippen molar-refractivity contribution in [1.29, 1.82) is 0 Å². The number of nitrogens with zero attached hydrogens (tertiary/aromatic N) is 2. The summed E-state index contributed by atoms with van der Waals surface area (Å²) in [7, 11) is 1.99. The van der Waals surface area contributed by atoms with E-state index in [2.05, 4.69) is 18.7 Å². The highest BCUT2D eigenvalue weighted by Crippen LogP contribution is 2.39. The first kappa shape index (κ1) is 18.4. The Bertz CT molecular complexity index is 1220. The molecule has 28 heavy (non-hydrogen) atoms. The molecule has 0 radical (unpaired) electrons. The number of halogens is 1. The molecule has 2 heterocycles. The molecular weight excluding hydrogens is 375 g/mol. The number of hydrogen-bond acceptors (Lipinski definition) is 4. The Labute approximate surface area is 165 Å². The molecule has 0 aliphatic rings. The van der Waals surface area contributed by atoms with E-state index < -0.39 is 5.97 Å². The van der Waals surface area contributed by atoms with Crippen LogP contribution in [0.2, 0.25) is 0 Å². The fraction of sp³-hybridized carbons (Fsp3) is 0.182. The van der Waals surface area contributed by atoms with Crippen molar-refractivity contribution in [3.05, 3.63) is 59.9 Å². The summed E-state index contributed by atoms with van der Waals surface area (Å²) < 4.78 is 14.6. The monoisotopic (exact) mass is 394 g/mol. The molecule has 0 saturated carbocycles. The van der Waals surface area contributed by atoms with Gasteiger partial charge in [-0.2, -0.15) is 0 Å². The summed E-state index contributed by atoms with van der Waals surface area (Å²) in [6.45, 7) is 4.17. The van der Waals surface area contributed by atoms with E-state index in [4.69, 9.17) is 4.98 Å². The van der Waals surface area contributed by atoms with E-state index in [1.807, 2.05) is 19.2 Å². The van der Waals surface area contributed by atoms with Crippen molar-refractivity contribution in [1.82, 2.24) is 4.98 Å². The summed E-state index contributed by atoms with van der Waals surface area (Å²) in [5.41, 5.74) is 2.69. The van der Waals surface area contributed by atoms with Crippen molar-refractivity contribution in [3.8, 4) is 10.6 Å². The van der Waals surface area contributed by atoms with Gasteiger partial charge in [-0.15, -0.1) is 11.3 Å². The van der Waals surface area contributed by atoms with Gasteiger partial charge in [0.15, 0.2) is 0 Å². The lowest BCUT2D eigenvalue weighted by atomic mass is 10.1. The SMILES string of the molecule is CC(C)N(C)c1cc2cc(C(=O)O)ccc2nc1-c1cc2cc(F)ccc2s1. The summed E-state index contributed by atoms with van der Waals surface area (Å²) in [6.07, 6.45) is 0. The number of carboxylic acids is 1. The van der Waals surface area contributed by atoms with Gasteiger partial charge in [0.2, 0.25) is 0 Å². The molecule has 2 aromatic carbocycles. The van der Waals surface area contributed by atoms with Gasteiger partial charge >= 0.3 is 5.97 Å². The van der Waals surface area contributed by atoms with Crippen LogP contribution in [0.5, 0.6) is 0 Å². The van der Waals surface area contributed by atoms with E-state index in [1.165, 1.54) is 12.1 Å². The van der Waals surface area contributed by atoms with Crippen LogP contribution >= 0.6 is 11.3 Å². The van der Waals surface area contributed by atoms with Crippen LogP contribution in [0.25, 0.3) is 31.6 Å². The third-order valence-corrected chi connectivity index (χ3v) is 6.03. The maximum Gasteiger partial charge on any atom is 0.335 e. The van der Waals surface area contributed by atoms with Crippen LogP contribution < -0.4 is 4.90 Å². The van der Waals surface area contributed by atoms with E-state index in [9.17, 15) is 14.3 Å². The van der Waals surface area contributed by atoms with Gasteiger partial charge in [0.05, 0.1) is 21.6 Å². The molecule has 4 rings (SSSR count). The second-order valence-corrected chi connectivity index (χ2v) is 8.15. The third kappa shape index (κ3) is 3.20. The van der Waals surface area contributed by atoms with Crippen LogP contribution in [0.15, 0.2) is 48.5 Å². The molecule has 142 valence electrons. The van der Waals surface area contributed by atoms with Crippen LogP contribution in [0.3, 0.4) is 0 Å². The summed E-state index contributed by atoms with van der Waals surface area (Å²) in [6, 6.07) is 13.9. The number of thiophene rings is 1. The van der Waals surface area contributed by atoms with Crippen molar-refractivity contribution in [2.45, 2.75) is 19.9 Å². The molecule has 6 heteroatoms. The number of benzene rings is 2. The van der Waals surface area contributed by atoms with Gasteiger partial charge in [-0.05, 0) is 67.8 Å². The van der Waals surface area contributed by atoms with Gasteiger partial charge in [-0.1, -0.05) is 0 Å². The van der Waals surface area contributed by atoms with E-state index in [0.29, 0.717) is 0 Å². The van der Waals surface area contributed by atoms with Gasteiger partial charge in [0.25, 0.3) is 0 Å². The minimum absolute atomic E-state index is 0.229. The van der Waals surface area contributed by atoms with Gasteiger partial charge in [0.1, 0.15) is 11.5 Å². The van der Waals surface area contributed by atoms with Gasteiger partial charge in [-0.3, -0.25) is 0 Å². The van der Waals surface area contributed by atoms with Crippen LogP contribution in [0.1, 0.15) is 24.2 Å². The van der Waals surface area contributed by atoms with Crippen LogP contribution in [-0.2, 0) is 0 Å². The second kappa shape index (κ2) is 6.87. The molecular formula is C22H19FN2O2S. The Morgan fingerprint density at radius 2 is 1.89 bits per heavy atom. The van der Waals surface area contributed by atoms with E-state index in [-0.39, 0.29) is 17.4 Å². The molecule has 0 aliphatic heterocycles. The highest BCUT2D eigenvalue weighted by atomic mass is 32.1. The Hall–Kier alpha value is -2.99. The average molecular weight is 394 g/mol. The molecule has 0 amide bonds. The fourth-order valence-electron chi connectivity index (χ4n) is 3.16. The summed E-state index contributed by atoms with van der Waals surface area (Å²) in [4.78, 5) is 19.2. The van der Waals surface area contributed by atoms with E-state index >= 15 is 0 Å². The fourth-order valence-corrected chi connectivity index (χ4v) is 4.20. The molecule has 0 atom stereocenters. The van der Waals surface area contributed by atoms with Crippen molar-refractivity contribution in [3.63, 3.8) is 0 Å². The molecule has 0 bridgehead atoms. The first-order chi connectivity index (χ1) is 13.3. The summed E-state index contributed by atoms with van der Waals surface area (Å²) in [5, 5.41) is 10.9. The van der Waals surface area contributed by atoms with Gasteiger partial charge in [-0.25, -0.2) is 14.2 Å². The minimum Gasteiger partial charge on any atom is -0.478 e. The standard InChI is InChI=1S/C22H19FN2O2S/c1-12(2)25(3)18-10-14-8-13(22(26)27)4-6-17(14)24-21(18)20-11-15-9-16(23)5-7-19(15)28-20/h4-12H,1-3H3,(H,26,27). The highest BCUT2D eigenvalue weighted by molar-refractivity contribution is 7.22. The first-order valence-electron chi connectivity index (χ1n) is 8.94. The number of aromatic nitrogens is 1. The van der Waals surface area contributed by atoms with Crippen molar-refractivity contribution in [2.75, 3.05) is 11.9 Å². The number of hydrogen-bond donors (Lipinski definition) is 1. The molecule has 0 unspecified atom stereocenters. The van der Waals surface area contributed by atoms with Crippen LogP contribution in [0, 0.1) is 5.82 Å². The van der Waals surface area contributed by atoms with Gasteiger partial charge in [0, 0.05) is 23.2 Å². The van der Waals surface area contributed by atoms with Crippen LogP contribution in [-0.4, -0.2) is 29.1 Å². The number of fused-ring (bicyclic) bond motifs is 2. The molecule has 2 aromatic heterocycles. The molecule has 0 saturated heterocycles. The molecule has 1 N–H and O–H groups in total. The average Bonchev–Trinajstić information content (AvgIpc) is 3.08. The zero-order chi connectivity index (χ0) is 20.0. The number of anilines is 1. The number of aromatic carboxylic acids is 1. The molecule has 0 fully saturated rings. The van der Waals surface area contributed by atoms with Crippen molar-refractivity contribution in [2.24, 2.45) is 0 Å². The Balaban J connectivity index is 1.97. The zero-order valence-corrected chi connectivity index (χ0v) is 16.5. The normalized spacial score (nSPS) is 11.5. The maximum atomic E-state index is 13.6. The summed E-state index contributed by atoms with van der Waals surface area (Å²) in [5.74, 6) is -1.22.